The average Bonchev–Trinajstić information content (AvgIpc) is 3.22. The highest BCUT2D eigenvalue weighted by molar-refractivity contribution is 6.03. The van der Waals surface area contributed by atoms with E-state index in [1.165, 1.54) is 11.0 Å². The van der Waals surface area contributed by atoms with E-state index in [2.05, 4.69) is 5.10 Å². The molecule has 0 atom stereocenters. The zero-order valence-electron chi connectivity index (χ0n) is 15.4. The lowest BCUT2D eigenvalue weighted by Crippen LogP contribution is -2.39. The molecule has 0 fully saturated rings. The third kappa shape index (κ3) is 3.94. The number of nitrogens with zero attached hydrogens (tertiary/aromatic N) is 3. The largest absolute Gasteiger partial charge is 0.466 e. The normalized spacial score (nSPS) is 14.7. The van der Waals surface area contributed by atoms with Crippen LogP contribution in [0.4, 0.5) is 18.9 Å². The van der Waals surface area contributed by atoms with Crippen molar-refractivity contribution >= 4 is 17.6 Å². The van der Waals surface area contributed by atoms with Crippen LogP contribution in [0.3, 0.4) is 0 Å². The molecule has 0 saturated carbocycles. The maximum Gasteiger partial charge on any atom is 0.435 e. The second kappa shape index (κ2) is 7.95. The fourth-order valence-corrected chi connectivity index (χ4v) is 2.83. The van der Waals surface area contributed by atoms with Gasteiger partial charge in [-0.1, -0.05) is 12.1 Å². The monoisotopic (exact) mass is 411 g/mol. The molecule has 0 bridgehead atoms. The van der Waals surface area contributed by atoms with Crippen molar-refractivity contribution in [2.75, 3.05) is 32.5 Å². The molecule has 0 radical (unpaired) electrons. The predicted octanol–water partition coefficient (Wildman–Crippen LogP) is 2.29. The van der Waals surface area contributed by atoms with Gasteiger partial charge in [0.25, 0.3) is 0 Å². The molecule has 29 heavy (non-hydrogen) atoms. The van der Waals surface area contributed by atoms with Crippen LogP contribution < -0.4 is 4.90 Å². The number of para-hydroxylation sites is 2. The molecule has 3 rings (SSSR count). The van der Waals surface area contributed by atoms with Crippen LogP contribution in [0.1, 0.15) is 5.69 Å². The van der Waals surface area contributed by atoms with Crippen molar-refractivity contribution in [3.8, 4) is 5.69 Å². The highest BCUT2D eigenvalue weighted by atomic mass is 19.4. The maximum atomic E-state index is 12.9. The molecular weight excluding hydrogens is 395 g/mol. The van der Waals surface area contributed by atoms with Gasteiger partial charge >= 0.3 is 18.1 Å². The summed E-state index contributed by atoms with van der Waals surface area (Å²) >= 11 is 0. The standard InChI is InChI=1S/C18H16F3N3O5/c1-27-16(25)11-9-29-10-23(15(11)17(26)28-2)12-5-3-4-6-13(12)24-8-7-14(22-24)18(19,20)21/h3-8H,9-10H2,1-2H3. The lowest BCUT2D eigenvalue weighted by atomic mass is 10.1. The van der Waals surface area contributed by atoms with Crippen LogP contribution in [0.15, 0.2) is 47.8 Å². The van der Waals surface area contributed by atoms with Crippen molar-refractivity contribution in [2.45, 2.75) is 6.18 Å². The quantitative estimate of drug-likeness (QED) is 0.714. The number of esters is 2. The number of hydrogen-bond acceptors (Lipinski definition) is 7. The molecule has 0 N–H and O–H groups in total. The number of hydrogen-bond donors (Lipinski definition) is 0. The van der Waals surface area contributed by atoms with Crippen LogP contribution in [-0.4, -0.2) is 49.3 Å². The van der Waals surface area contributed by atoms with Crippen molar-refractivity contribution in [3.63, 3.8) is 0 Å². The Balaban J connectivity index is 2.14. The molecule has 8 nitrogen and oxygen atoms in total. The fourth-order valence-electron chi connectivity index (χ4n) is 2.83. The minimum Gasteiger partial charge on any atom is -0.466 e. The number of rotatable bonds is 4. The Morgan fingerprint density at radius 1 is 1.07 bits per heavy atom. The molecule has 2 aromatic rings. The molecular formula is C18H16F3N3O5. The highest BCUT2D eigenvalue weighted by Crippen LogP contribution is 2.33. The first-order chi connectivity index (χ1) is 13.8. The zero-order valence-corrected chi connectivity index (χ0v) is 15.4. The number of methoxy groups -OCH3 is 2. The summed E-state index contributed by atoms with van der Waals surface area (Å²) in [6, 6.07) is 7.12. The second-order valence-corrected chi connectivity index (χ2v) is 5.85. The summed E-state index contributed by atoms with van der Waals surface area (Å²) in [5, 5.41) is 3.57. The number of carbonyl (C=O) groups is 2. The Labute approximate surface area is 163 Å². The number of aromatic nitrogens is 2. The van der Waals surface area contributed by atoms with Crippen molar-refractivity contribution in [1.29, 1.82) is 0 Å². The van der Waals surface area contributed by atoms with Gasteiger partial charge in [0.2, 0.25) is 0 Å². The third-order valence-corrected chi connectivity index (χ3v) is 4.13. The first kappa shape index (κ1) is 20.4. The van der Waals surface area contributed by atoms with Crippen molar-refractivity contribution < 1.29 is 37.0 Å². The number of alkyl halides is 3. The van der Waals surface area contributed by atoms with Gasteiger partial charge in [-0.2, -0.15) is 18.3 Å². The first-order valence-corrected chi connectivity index (χ1v) is 8.25. The molecule has 154 valence electrons. The lowest BCUT2D eigenvalue weighted by molar-refractivity contribution is -0.141. The average molecular weight is 411 g/mol. The summed E-state index contributed by atoms with van der Waals surface area (Å²) in [4.78, 5) is 25.8. The second-order valence-electron chi connectivity index (χ2n) is 5.85. The van der Waals surface area contributed by atoms with Gasteiger partial charge in [-0.3, -0.25) is 0 Å². The van der Waals surface area contributed by atoms with E-state index < -0.39 is 23.8 Å². The van der Waals surface area contributed by atoms with Gasteiger partial charge in [0.15, 0.2) is 5.69 Å². The van der Waals surface area contributed by atoms with E-state index in [0.29, 0.717) is 0 Å². The van der Waals surface area contributed by atoms with Crippen molar-refractivity contribution in [1.82, 2.24) is 9.78 Å². The third-order valence-electron chi connectivity index (χ3n) is 4.13. The molecule has 2 heterocycles. The molecule has 0 saturated heterocycles. The van der Waals surface area contributed by atoms with Gasteiger partial charge in [0.05, 0.1) is 37.8 Å². The molecule has 0 aliphatic carbocycles. The summed E-state index contributed by atoms with van der Waals surface area (Å²) < 4.78 is 54.7. The van der Waals surface area contributed by atoms with Crippen LogP contribution in [0, 0.1) is 0 Å². The van der Waals surface area contributed by atoms with Gasteiger partial charge in [-0.05, 0) is 18.2 Å². The molecule has 1 aliphatic heterocycles. The van der Waals surface area contributed by atoms with Crippen LogP contribution in [0.2, 0.25) is 0 Å². The van der Waals surface area contributed by atoms with E-state index in [1.807, 2.05) is 0 Å². The number of benzene rings is 1. The zero-order chi connectivity index (χ0) is 21.2. The number of anilines is 1. The number of halogens is 3. The lowest BCUT2D eigenvalue weighted by Gasteiger charge is -2.32. The van der Waals surface area contributed by atoms with E-state index in [0.717, 1.165) is 31.2 Å². The minimum atomic E-state index is -4.61. The van der Waals surface area contributed by atoms with E-state index in [-0.39, 0.29) is 36.0 Å². The summed E-state index contributed by atoms with van der Waals surface area (Å²) in [6.07, 6.45) is -3.46. The Morgan fingerprint density at radius 2 is 1.72 bits per heavy atom. The molecule has 11 heteroatoms. The molecule has 1 aromatic heterocycles. The fraction of sp³-hybridized carbons (Fsp3) is 0.278. The minimum absolute atomic E-state index is 0.0724. The van der Waals surface area contributed by atoms with Gasteiger partial charge < -0.3 is 19.1 Å². The summed E-state index contributed by atoms with van der Waals surface area (Å²) in [7, 11) is 2.30. The molecule has 1 aromatic carbocycles. The van der Waals surface area contributed by atoms with E-state index in [4.69, 9.17) is 14.2 Å². The van der Waals surface area contributed by atoms with Crippen LogP contribution in [0.25, 0.3) is 5.69 Å². The topological polar surface area (TPSA) is 82.9 Å². The van der Waals surface area contributed by atoms with Crippen LogP contribution in [-0.2, 0) is 30.0 Å². The van der Waals surface area contributed by atoms with E-state index >= 15 is 0 Å². The van der Waals surface area contributed by atoms with Crippen LogP contribution >= 0.6 is 0 Å². The maximum absolute atomic E-state index is 12.9. The highest BCUT2D eigenvalue weighted by Gasteiger charge is 2.35. The van der Waals surface area contributed by atoms with Crippen LogP contribution in [0.5, 0.6) is 0 Å². The predicted molar refractivity (Wildman–Crippen MR) is 92.9 cm³/mol. The van der Waals surface area contributed by atoms with Gasteiger partial charge in [0, 0.05) is 6.20 Å². The van der Waals surface area contributed by atoms with Gasteiger partial charge in [-0.15, -0.1) is 0 Å². The van der Waals surface area contributed by atoms with E-state index in [1.54, 1.807) is 18.2 Å². The first-order valence-electron chi connectivity index (χ1n) is 8.25. The Bertz CT molecular complexity index is 968. The summed E-state index contributed by atoms with van der Waals surface area (Å²) in [5.41, 5.74) is -0.746. The van der Waals surface area contributed by atoms with Crippen molar-refractivity contribution in [3.05, 3.63) is 53.5 Å². The Hall–Kier alpha value is -3.34. The smallest absolute Gasteiger partial charge is 0.435 e. The Kier molecular flexibility index (Phi) is 5.59. The summed E-state index contributed by atoms with van der Waals surface area (Å²) in [5.74, 6) is -1.61. The number of ether oxygens (including phenoxy) is 3. The van der Waals surface area contributed by atoms with E-state index in [9.17, 15) is 22.8 Å². The van der Waals surface area contributed by atoms with Crippen molar-refractivity contribution in [2.24, 2.45) is 0 Å². The number of carbonyl (C=O) groups excluding carboxylic acids is 2. The SMILES string of the molecule is COC(=O)C1=C(C(=O)OC)N(c2ccccc2-n2ccc(C(F)(F)F)n2)COC1. The van der Waals surface area contributed by atoms with Gasteiger partial charge in [-0.25, -0.2) is 14.3 Å². The Morgan fingerprint density at radius 3 is 2.31 bits per heavy atom. The molecule has 0 spiro atoms. The molecule has 1 aliphatic rings. The summed E-state index contributed by atoms with van der Waals surface area (Å²) in [6.45, 7) is -0.328. The van der Waals surface area contributed by atoms with Gasteiger partial charge in [0.1, 0.15) is 12.4 Å². The molecule has 0 unspecified atom stereocenters. The molecule has 0 amide bonds.